The van der Waals surface area contributed by atoms with Crippen LogP contribution in [0, 0.1) is 0 Å². The number of nitrogens with zero attached hydrogens (tertiary/aromatic N) is 2. The van der Waals surface area contributed by atoms with Crippen LogP contribution >= 0.6 is 15.9 Å². The molecule has 6 nitrogen and oxygen atoms in total. The van der Waals surface area contributed by atoms with Crippen molar-refractivity contribution < 1.29 is 9.47 Å². The first-order valence-electron chi connectivity index (χ1n) is 6.34. The Kier molecular flexibility index (Phi) is 5.49. The summed E-state index contributed by atoms with van der Waals surface area (Å²) in [7, 11) is 3.19. The number of benzene rings is 1. The summed E-state index contributed by atoms with van der Waals surface area (Å²) in [5.41, 5.74) is 4.62. The molecular weight excluding hydrogens is 336 g/mol. The third-order valence-corrected chi connectivity index (χ3v) is 3.70. The Morgan fingerprint density at radius 2 is 2.00 bits per heavy atom. The topological polar surface area (TPSA) is 82.3 Å². The van der Waals surface area contributed by atoms with Crippen molar-refractivity contribution in [2.75, 3.05) is 14.2 Å². The SMILES string of the molecule is COc1ccc(C(Cc2ccc(OC)c(Br)c2)NN)nn1. The van der Waals surface area contributed by atoms with Crippen LogP contribution in [-0.4, -0.2) is 24.4 Å². The molecule has 0 spiro atoms. The molecule has 7 heteroatoms. The molecule has 0 aliphatic carbocycles. The highest BCUT2D eigenvalue weighted by Gasteiger charge is 2.14. The molecule has 2 aromatic rings. The van der Waals surface area contributed by atoms with Crippen molar-refractivity contribution in [2.24, 2.45) is 5.84 Å². The molecule has 0 radical (unpaired) electrons. The first-order valence-corrected chi connectivity index (χ1v) is 7.13. The molecule has 0 saturated carbocycles. The summed E-state index contributed by atoms with van der Waals surface area (Å²) in [6, 6.07) is 9.37. The van der Waals surface area contributed by atoms with Gasteiger partial charge in [0.25, 0.3) is 0 Å². The zero-order valence-corrected chi connectivity index (χ0v) is 13.4. The van der Waals surface area contributed by atoms with Gasteiger partial charge in [-0.2, -0.15) is 5.10 Å². The Balaban J connectivity index is 2.16. The monoisotopic (exact) mass is 352 g/mol. The van der Waals surface area contributed by atoms with Crippen molar-refractivity contribution in [1.29, 1.82) is 0 Å². The minimum Gasteiger partial charge on any atom is -0.496 e. The van der Waals surface area contributed by atoms with Gasteiger partial charge in [0.2, 0.25) is 5.88 Å². The van der Waals surface area contributed by atoms with Crippen LogP contribution in [0.2, 0.25) is 0 Å². The van der Waals surface area contributed by atoms with Crippen LogP contribution in [0.5, 0.6) is 11.6 Å². The van der Waals surface area contributed by atoms with E-state index >= 15 is 0 Å². The Morgan fingerprint density at radius 3 is 2.52 bits per heavy atom. The van der Waals surface area contributed by atoms with Gasteiger partial charge in [-0.1, -0.05) is 6.07 Å². The van der Waals surface area contributed by atoms with Gasteiger partial charge in [0.05, 0.1) is 30.4 Å². The Bertz CT molecular complexity index is 592. The maximum atomic E-state index is 5.63. The van der Waals surface area contributed by atoms with E-state index in [2.05, 4.69) is 31.6 Å². The molecule has 1 atom stereocenters. The summed E-state index contributed by atoms with van der Waals surface area (Å²) in [5, 5.41) is 8.07. The summed E-state index contributed by atoms with van der Waals surface area (Å²) in [6.07, 6.45) is 0.681. The van der Waals surface area contributed by atoms with E-state index in [-0.39, 0.29) is 6.04 Å². The minimum absolute atomic E-state index is 0.135. The van der Waals surface area contributed by atoms with Gasteiger partial charge in [-0.25, -0.2) is 0 Å². The predicted molar refractivity (Wildman–Crippen MR) is 83.0 cm³/mol. The lowest BCUT2D eigenvalue weighted by Crippen LogP contribution is -2.30. The van der Waals surface area contributed by atoms with Gasteiger partial charge in [0.15, 0.2) is 0 Å². The smallest absolute Gasteiger partial charge is 0.233 e. The summed E-state index contributed by atoms with van der Waals surface area (Å²) in [5.74, 6) is 6.90. The number of hydrazine groups is 1. The van der Waals surface area contributed by atoms with Crippen molar-refractivity contribution in [2.45, 2.75) is 12.5 Å². The summed E-state index contributed by atoms with van der Waals surface area (Å²) in [4.78, 5) is 0. The number of methoxy groups -OCH3 is 2. The number of hydrogen-bond acceptors (Lipinski definition) is 6. The molecule has 2 rings (SSSR count). The second-order valence-corrected chi connectivity index (χ2v) is 5.25. The third kappa shape index (κ3) is 3.90. The van der Waals surface area contributed by atoms with Gasteiger partial charge in [-0.15, -0.1) is 5.10 Å². The number of rotatable bonds is 6. The Morgan fingerprint density at radius 1 is 1.19 bits per heavy atom. The number of aromatic nitrogens is 2. The van der Waals surface area contributed by atoms with Crippen LogP contribution in [-0.2, 0) is 6.42 Å². The van der Waals surface area contributed by atoms with E-state index in [1.807, 2.05) is 24.3 Å². The lowest BCUT2D eigenvalue weighted by molar-refractivity contribution is 0.389. The summed E-state index contributed by atoms with van der Waals surface area (Å²) < 4.78 is 11.1. The highest BCUT2D eigenvalue weighted by atomic mass is 79.9. The predicted octanol–water partition coefficient (Wildman–Crippen LogP) is 2.00. The standard InChI is InChI=1S/C14H17BrN4O2/c1-20-13-5-3-9(7-10(13)15)8-12(17-16)11-4-6-14(21-2)19-18-11/h3-7,12,17H,8,16H2,1-2H3. The lowest BCUT2D eigenvalue weighted by Gasteiger charge is -2.15. The van der Waals surface area contributed by atoms with Gasteiger partial charge < -0.3 is 9.47 Å². The maximum absolute atomic E-state index is 5.63. The molecule has 0 amide bonds. The number of nitrogens with two attached hydrogens (primary N) is 1. The van der Waals surface area contributed by atoms with E-state index in [9.17, 15) is 0 Å². The molecule has 112 valence electrons. The molecule has 1 unspecified atom stereocenters. The van der Waals surface area contributed by atoms with Crippen LogP contribution < -0.4 is 20.7 Å². The molecule has 1 aromatic heterocycles. The zero-order chi connectivity index (χ0) is 15.2. The maximum Gasteiger partial charge on any atom is 0.233 e. The van der Waals surface area contributed by atoms with Gasteiger partial charge in [-0.3, -0.25) is 11.3 Å². The van der Waals surface area contributed by atoms with E-state index in [4.69, 9.17) is 15.3 Å². The van der Waals surface area contributed by atoms with Crippen molar-refractivity contribution in [1.82, 2.24) is 15.6 Å². The van der Waals surface area contributed by atoms with Crippen molar-refractivity contribution in [3.63, 3.8) is 0 Å². The highest BCUT2D eigenvalue weighted by molar-refractivity contribution is 9.10. The molecular formula is C14H17BrN4O2. The largest absolute Gasteiger partial charge is 0.496 e. The number of ether oxygens (including phenoxy) is 2. The zero-order valence-electron chi connectivity index (χ0n) is 11.8. The van der Waals surface area contributed by atoms with Crippen molar-refractivity contribution >= 4 is 15.9 Å². The quantitative estimate of drug-likeness (QED) is 0.611. The van der Waals surface area contributed by atoms with Crippen LogP contribution in [0.4, 0.5) is 0 Å². The van der Waals surface area contributed by atoms with Gasteiger partial charge in [0, 0.05) is 6.07 Å². The van der Waals surface area contributed by atoms with Gasteiger partial charge in [-0.05, 0) is 46.1 Å². The molecule has 0 fully saturated rings. The number of hydrogen-bond donors (Lipinski definition) is 2. The van der Waals surface area contributed by atoms with E-state index in [1.54, 1.807) is 20.3 Å². The Hall–Kier alpha value is -1.70. The van der Waals surface area contributed by atoms with Crippen molar-refractivity contribution in [3.05, 3.63) is 46.1 Å². The van der Waals surface area contributed by atoms with E-state index in [1.165, 1.54) is 0 Å². The van der Waals surface area contributed by atoms with E-state index < -0.39 is 0 Å². The molecule has 0 bridgehead atoms. The molecule has 0 saturated heterocycles. The number of halogens is 1. The molecule has 21 heavy (non-hydrogen) atoms. The Labute approximate surface area is 131 Å². The first-order chi connectivity index (χ1) is 10.2. The lowest BCUT2D eigenvalue weighted by atomic mass is 10.0. The van der Waals surface area contributed by atoms with Gasteiger partial charge >= 0.3 is 0 Å². The van der Waals surface area contributed by atoms with Crippen LogP contribution in [0.15, 0.2) is 34.8 Å². The number of nitrogens with one attached hydrogen (secondary N) is 1. The fourth-order valence-corrected chi connectivity index (χ4v) is 2.53. The second-order valence-electron chi connectivity index (χ2n) is 4.39. The molecule has 0 aliphatic heterocycles. The molecule has 1 aromatic carbocycles. The highest BCUT2D eigenvalue weighted by Crippen LogP contribution is 2.27. The van der Waals surface area contributed by atoms with Crippen LogP contribution in [0.1, 0.15) is 17.3 Å². The fourth-order valence-electron chi connectivity index (χ4n) is 1.95. The first kappa shape index (κ1) is 15.7. The van der Waals surface area contributed by atoms with E-state index in [0.717, 1.165) is 21.5 Å². The van der Waals surface area contributed by atoms with Crippen LogP contribution in [0.3, 0.4) is 0 Å². The van der Waals surface area contributed by atoms with Gasteiger partial charge in [0.1, 0.15) is 5.75 Å². The normalized spacial score (nSPS) is 12.0. The van der Waals surface area contributed by atoms with Crippen LogP contribution in [0.25, 0.3) is 0 Å². The fraction of sp³-hybridized carbons (Fsp3) is 0.286. The average molecular weight is 353 g/mol. The molecule has 0 aliphatic rings. The molecule has 1 heterocycles. The summed E-state index contributed by atoms with van der Waals surface area (Å²) >= 11 is 3.47. The minimum atomic E-state index is -0.135. The molecule has 3 N–H and O–H groups in total. The van der Waals surface area contributed by atoms with Crippen molar-refractivity contribution in [3.8, 4) is 11.6 Å². The summed E-state index contributed by atoms with van der Waals surface area (Å²) in [6.45, 7) is 0. The third-order valence-electron chi connectivity index (χ3n) is 3.08. The van der Waals surface area contributed by atoms with E-state index in [0.29, 0.717) is 12.3 Å². The second kappa shape index (κ2) is 7.35. The average Bonchev–Trinajstić information content (AvgIpc) is 2.53.